The average Bonchev–Trinajstić information content (AvgIpc) is 2.35. The summed E-state index contributed by atoms with van der Waals surface area (Å²) in [5, 5.41) is 9.40. The molecule has 0 amide bonds. The van der Waals surface area contributed by atoms with E-state index in [1.54, 1.807) is 19.9 Å². The molecule has 1 N–H and O–H groups in total. The highest BCUT2D eigenvalue weighted by molar-refractivity contribution is 6.33. The van der Waals surface area contributed by atoms with E-state index in [0.717, 1.165) is 0 Å². The summed E-state index contributed by atoms with van der Waals surface area (Å²) in [5.41, 5.74) is -0.184. The smallest absolute Gasteiger partial charge is 0.304 e. The monoisotopic (exact) mass is 302 g/mol. The Balaban J connectivity index is 3.60. The van der Waals surface area contributed by atoms with Crippen molar-refractivity contribution in [3.63, 3.8) is 0 Å². The van der Waals surface area contributed by atoms with Crippen LogP contribution < -0.4 is 14.2 Å². The van der Waals surface area contributed by atoms with Gasteiger partial charge in [0, 0.05) is 17.0 Å². The Labute approximate surface area is 123 Å². The second-order valence-electron chi connectivity index (χ2n) is 4.96. The summed E-state index contributed by atoms with van der Waals surface area (Å²) >= 11 is 6.34. The molecule has 5 nitrogen and oxygen atoms in total. The Morgan fingerprint density at radius 3 is 2.15 bits per heavy atom. The van der Waals surface area contributed by atoms with Crippen LogP contribution in [0.15, 0.2) is 6.07 Å². The molecule has 112 valence electrons. The molecule has 0 atom stereocenters. The molecule has 0 saturated carbocycles. The molecular formula is C14H19ClO5. The van der Waals surface area contributed by atoms with Crippen molar-refractivity contribution < 1.29 is 24.1 Å². The predicted octanol–water partition coefficient (Wildman–Crippen LogP) is 3.12. The fourth-order valence-corrected chi connectivity index (χ4v) is 2.64. The molecule has 0 saturated heterocycles. The van der Waals surface area contributed by atoms with Crippen molar-refractivity contribution in [1.29, 1.82) is 0 Å². The lowest BCUT2D eigenvalue weighted by Gasteiger charge is -2.28. The van der Waals surface area contributed by atoms with E-state index in [-0.39, 0.29) is 6.42 Å². The standard InChI is InChI=1S/C14H19ClO5/c1-14(2,7-10(16)17)11-12(15)8(18-3)6-9(19-4)13(11)20-5/h6H,7H2,1-5H3,(H,16,17). The zero-order valence-corrected chi connectivity index (χ0v) is 13.0. The average molecular weight is 303 g/mol. The van der Waals surface area contributed by atoms with Gasteiger partial charge in [-0.05, 0) is 0 Å². The van der Waals surface area contributed by atoms with Gasteiger partial charge < -0.3 is 19.3 Å². The first-order valence-electron chi connectivity index (χ1n) is 5.99. The number of benzene rings is 1. The fourth-order valence-electron chi connectivity index (χ4n) is 2.17. The summed E-state index contributed by atoms with van der Waals surface area (Å²) < 4.78 is 15.8. The molecule has 0 bridgehead atoms. The van der Waals surface area contributed by atoms with E-state index in [1.807, 2.05) is 0 Å². The number of ether oxygens (including phenoxy) is 3. The van der Waals surface area contributed by atoms with Gasteiger partial charge in [-0.2, -0.15) is 0 Å². The Morgan fingerprint density at radius 1 is 1.20 bits per heavy atom. The number of carboxylic acids is 1. The van der Waals surface area contributed by atoms with Crippen molar-refractivity contribution in [2.45, 2.75) is 25.7 Å². The van der Waals surface area contributed by atoms with Crippen LogP contribution in [-0.2, 0) is 10.2 Å². The summed E-state index contributed by atoms with van der Waals surface area (Å²) in [4.78, 5) is 11.1. The largest absolute Gasteiger partial charge is 0.495 e. The first kappa shape index (κ1) is 16.4. The van der Waals surface area contributed by atoms with Crippen LogP contribution in [0.2, 0.25) is 5.02 Å². The summed E-state index contributed by atoms with van der Waals surface area (Å²) in [6, 6.07) is 1.61. The highest BCUT2D eigenvalue weighted by Gasteiger charge is 2.33. The van der Waals surface area contributed by atoms with Crippen molar-refractivity contribution in [2.24, 2.45) is 0 Å². The van der Waals surface area contributed by atoms with Crippen molar-refractivity contribution >= 4 is 17.6 Å². The van der Waals surface area contributed by atoms with Gasteiger partial charge >= 0.3 is 5.97 Å². The Bertz CT molecular complexity index is 511. The van der Waals surface area contributed by atoms with E-state index in [0.29, 0.717) is 27.8 Å². The minimum absolute atomic E-state index is 0.0978. The zero-order valence-electron chi connectivity index (χ0n) is 12.2. The number of carbonyl (C=O) groups is 1. The molecule has 0 fully saturated rings. The number of carboxylic acid groups (broad SMARTS) is 1. The van der Waals surface area contributed by atoms with Crippen LogP contribution in [0.25, 0.3) is 0 Å². The maximum absolute atomic E-state index is 11.1. The number of rotatable bonds is 6. The van der Waals surface area contributed by atoms with E-state index < -0.39 is 11.4 Å². The third kappa shape index (κ3) is 3.10. The van der Waals surface area contributed by atoms with Gasteiger partial charge in [-0.1, -0.05) is 25.4 Å². The number of hydrogen-bond donors (Lipinski definition) is 1. The Kier molecular flexibility index (Phi) is 5.11. The highest BCUT2D eigenvalue weighted by atomic mass is 35.5. The maximum atomic E-state index is 11.1. The van der Waals surface area contributed by atoms with Crippen molar-refractivity contribution in [3.8, 4) is 17.2 Å². The summed E-state index contributed by atoms with van der Waals surface area (Å²) in [6.45, 7) is 3.56. The summed E-state index contributed by atoms with van der Waals surface area (Å²) in [6.07, 6.45) is -0.0978. The van der Waals surface area contributed by atoms with E-state index in [9.17, 15) is 4.79 Å². The molecule has 0 radical (unpaired) electrons. The molecule has 1 aromatic rings. The van der Waals surface area contributed by atoms with Gasteiger partial charge in [0.2, 0.25) is 0 Å². The molecular weight excluding hydrogens is 284 g/mol. The third-order valence-electron chi connectivity index (χ3n) is 3.06. The van der Waals surface area contributed by atoms with Crippen molar-refractivity contribution in [3.05, 3.63) is 16.7 Å². The summed E-state index contributed by atoms with van der Waals surface area (Å²) in [5.74, 6) is 0.361. The molecule has 0 heterocycles. The third-order valence-corrected chi connectivity index (χ3v) is 3.44. The lowest BCUT2D eigenvalue weighted by atomic mass is 9.80. The molecule has 0 spiro atoms. The van der Waals surface area contributed by atoms with Crippen LogP contribution in [0, 0.1) is 0 Å². The van der Waals surface area contributed by atoms with Crippen LogP contribution >= 0.6 is 11.6 Å². The number of halogens is 1. The molecule has 20 heavy (non-hydrogen) atoms. The quantitative estimate of drug-likeness (QED) is 0.874. The molecule has 0 unspecified atom stereocenters. The first-order chi connectivity index (χ1) is 9.28. The maximum Gasteiger partial charge on any atom is 0.304 e. The minimum Gasteiger partial charge on any atom is -0.495 e. The number of methoxy groups -OCH3 is 3. The Morgan fingerprint density at radius 2 is 1.75 bits per heavy atom. The van der Waals surface area contributed by atoms with Crippen LogP contribution in [0.1, 0.15) is 25.8 Å². The fraction of sp³-hybridized carbons (Fsp3) is 0.500. The van der Waals surface area contributed by atoms with Gasteiger partial charge in [-0.25, -0.2) is 0 Å². The van der Waals surface area contributed by atoms with Crippen molar-refractivity contribution in [2.75, 3.05) is 21.3 Å². The SMILES string of the molecule is COc1cc(OC)c(OC)c(C(C)(C)CC(=O)O)c1Cl. The normalized spacial score (nSPS) is 11.1. The molecule has 6 heteroatoms. The predicted molar refractivity (Wildman–Crippen MR) is 76.4 cm³/mol. The van der Waals surface area contributed by atoms with Crippen LogP contribution in [0.5, 0.6) is 17.2 Å². The van der Waals surface area contributed by atoms with Gasteiger partial charge in [0.05, 0.1) is 32.8 Å². The van der Waals surface area contributed by atoms with Crippen LogP contribution in [-0.4, -0.2) is 32.4 Å². The number of hydrogen-bond acceptors (Lipinski definition) is 4. The van der Waals surface area contributed by atoms with Gasteiger partial charge in [0.25, 0.3) is 0 Å². The summed E-state index contributed by atoms with van der Waals surface area (Å²) in [7, 11) is 4.47. The molecule has 0 aliphatic carbocycles. The van der Waals surface area contributed by atoms with Gasteiger partial charge in [0.15, 0.2) is 11.5 Å². The first-order valence-corrected chi connectivity index (χ1v) is 6.37. The molecule has 0 aliphatic heterocycles. The van der Waals surface area contributed by atoms with Gasteiger partial charge in [0.1, 0.15) is 5.75 Å². The second kappa shape index (κ2) is 6.22. The molecule has 1 aromatic carbocycles. The van der Waals surface area contributed by atoms with Gasteiger partial charge in [-0.15, -0.1) is 0 Å². The Hall–Kier alpha value is -1.62. The van der Waals surface area contributed by atoms with Crippen molar-refractivity contribution in [1.82, 2.24) is 0 Å². The molecule has 0 aliphatic rings. The van der Waals surface area contributed by atoms with E-state index in [2.05, 4.69) is 0 Å². The van der Waals surface area contributed by atoms with E-state index in [4.69, 9.17) is 30.9 Å². The molecule has 1 rings (SSSR count). The number of aliphatic carboxylic acids is 1. The zero-order chi connectivity index (χ0) is 15.5. The minimum atomic E-state index is -0.921. The van der Waals surface area contributed by atoms with E-state index >= 15 is 0 Å². The second-order valence-corrected chi connectivity index (χ2v) is 5.34. The lowest BCUT2D eigenvalue weighted by Crippen LogP contribution is -2.23. The van der Waals surface area contributed by atoms with E-state index in [1.165, 1.54) is 21.3 Å². The highest BCUT2D eigenvalue weighted by Crippen LogP contribution is 2.48. The van der Waals surface area contributed by atoms with Gasteiger partial charge in [-0.3, -0.25) is 4.79 Å². The molecule has 0 aromatic heterocycles. The van der Waals surface area contributed by atoms with Crippen LogP contribution in [0.3, 0.4) is 0 Å². The van der Waals surface area contributed by atoms with Crippen LogP contribution in [0.4, 0.5) is 0 Å². The topological polar surface area (TPSA) is 65.0 Å². The lowest BCUT2D eigenvalue weighted by molar-refractivity contribution is -0.138.